The lowest BCUT2D eigenvalue weighted by Crippen LogP contribution is -2.47. The molecule has 1 aliphatic rings. The van der Waals surface area contributed by atoms with E-state index in [0.717, 1.165) is 25.6 Å². The maximum absolute atomic E-state index is 3.59. The van der Waals surface area contributed by atoms with E-state index in [1.807, 2.05) is 11.3 Å². The van der Waals surface area contributed by atoms with E-state index in [9.17, 15) is 0 Å². The molecule has 0 radical (unpaired) electrons. The van der Waals surface area contributed by atoms with Crippen LogP contribution in [0.25, 0.3) is 0 Å². The van der Waals surface area contributed by atoms with Crippen LogP contribution in [0.15, 0.2) is 11.4 Å². The minimum Gasteiger partial charge on any atom is -0.315 e. The van der Waals surface area contributed by atoms with Gasteiger partial charge in [0.25, 0.3) is 0 Å². The molecule has 1 atom stereocenters. The van der Waals surface area contributed by atoms with Crippen molar-refractivity contribution in [1.82, 2.24) is 10.2 Å². The van der Waals surface area contributed by atoms with E-state index in [1.165, 1.54) is 19.4 Å². The summed E-state index contributed by atoms with van der Waals surface area (Å²) in [6.07, 6.45) is 2.46. The zero-order chi connectivity index (χ0) is 13.0. The van der Waals surface area contributed by atoms with E-state index >= 15 is 0 Å². The van der Waals surface area contributed by atoms with Gasteiger partial charge in [-0.25, -0.2) is 0 Å². The van der Waals surface area contributed by atoms with Gasteiger partial charge in [0.15, 0.2) is 0 Å². The highest BCUT2D eigenvalue weighted by Gasteiger charge is 2.25. The molecule has 1 aliphatic heterocycles. The summed E-state index contributed by atoms with van der Waals surface area (Å²) in [5, 5.41) is 5.84. The van der Waals surface area contributed by atoms with Gasteiger partial charge in [-0.1, -0.05) is 20.8 Å². The molecule has 1 aromatic rings. The third-order valence-corrected chi connectivity index (χ3v) is 4.88. The number of fused-ring (bicyclic) bond motifs is 1. The van der Waals surface area contributed by atoms with E-state index in [4.69, 9.17) is 0 Å². The first-order valence-corrected chi connectivity index (χ1v) is 8.10. The van der Waals surface area contributed by atoms with E-state index in [-0.39, 0.29) is 0 Å². The van der Waals surface area contributed by atoms with Gasteiger partial charge in [-0.3, -0.25) is 4.90 Å². The van der Waals surface area contributed by atoms with Gasteiger partial charge in [0, 0.05) is 30.6 Å². The van der Waals surface area contributed by atoms with Crippen molar-refractivity contribution in [1.29, 1.82) is 0 Å². The van der Waals surface area contributed by atoms with Crippen LogP contribution in [0.3, 0.4) is 0 Å². The van der Waals surface area contributed by atoms with Crippen molar-refractivity contribution >= 4 is 11.3 Å². The fourth-order valence-electron chi connectivity index (χ4n) is 2.77. The predicted molar refractivity (Wildman–Crippen MR) is 80.2 cm³/mol. The summed E-state index contributed by atoms with van der Waals surface area (Å²) >= 11 is 1.93. The Balaban J connectivity index is 1.95. The van der Waals surface area contributed by atoms with Crippen molar-refractivity contribution in [2.75, 3.05) is 19.6 Å². The summed E-state index contributed by atoms with van der Waals surface area (Å²) < 4.78 is 0. The number of nitrogens with zero attached hydrogens (tertiary/aromatic N) is 1. The van der Waals surface area contributed by atoms with Crippen molar-refractivity contribution in [3.8, 4) is 0 Å². The maximum Gasteiger partial charge on any atom is 0.0248 e. The molecule has 0 aliphatic carbocycles. The summed E-state index contributed by atoms with van der Waals surface area (Å²) in [6, 6.07) is 2.98. The maximum atomic E-state index is 3.59. The summed E-state index contributed by atoms with van der Waals surface area (Å²) in [6.45, 7) is 11.6. The highest BCUT2D eigenvalue weighted by molar-refractivity contribution is 7.10. The average molecular weight is 266 g/mol. The van der Waals surface area contributed by atoms with Crippen molar-refractivity contribution in [2.24, 2.45) is 5.92 Å². The predicted octanol–water partition coefficient (Wildman–Crippen LogP) is 3.13. The minimum absolute atomic E-state index is 0.671. The molecular weight excluding hydrogens is 240 g/mol. The monoisotopic (exact) mass is 266 g/mol. The van der Waals surface area contributed by atoms with E-state index in [0.29, 0.717) is 6.04 Å². The topological polar surface area (TPSA) is 15.3 Å². The molecule has 2 heterocycles. The van der Waals surface area contributed by atoms with Crippen LogP contribution in [-0.4, -0.2) is 30.6 Å². The average Bonchev–Trinajstić information content (AvgIpc) is 2.81. The van der Waals surface area contributed by atoms with Crippen LogP contribution < -0.4 is 5.32 Å². The van der Waals surface area contributed by atoms with E-state index < -0.39 is 0 Å². The van der Waals surface area contributed by atoms with Crippen LogP contribution in [0.2, 0.25) is 0 Å². The first kappa shape index (κ1) is 14.0. The van der Waals surface area contributed by atoms with Crippen LogP contribution in [0, 0.1) is 5.92 Å². The van der Waals surface area contributed by atoms with Gasteiger partial charge in [0.1, 0.15) is 0 Å². The van der Waals surface area contributed by atoms with Gasteiger partial charge >= 0.3 is 0 Å². The highest BCUT2D eigenvalue weighted by Crippen LogP contribution is 2.26. The Hall–Kier alpha value is -0.380. The van der Waals surface area contributed by atoms with Gasteiger partial charge < -0.3 is 5.32 Å². The molecule has 1 N–H and O–H groups in total. The van der Waals surface area contributed by atoms with Crippen molar-refractivity contribution < 1.29 is 0 Å². The molecule has 0 bridgehead atoms. The van der Waals surface area contributed by atoms with Gasteiger partial charge in [-0.2, -0.15) is 0 Å². The zero-order valence-corrected chi connectivity index (χ0v) is 12.7. The molecule has 0 saturated carbocycles. The second-order valence-corrected chi connectivity index (χ2v) is 6.61. The molecule has 0 fully saturated rings. The van der Waals surface area contributed by atoms with Gasteiger partial charge in [-0.15, -0.1) is 11.3 Å². The lowest BCUT2D eigenvalue weighted by molar-refractivity contribution is 0.137. The van der Waals surface area contributed by atoms with Gasteiger partial charge in [-0.05, 0) is 42.3 Å². The molecule has 3 heteroatoms. The van der Waals surface area contributed by atoms with Gasteiger partial charge in [0.2, 0.25) is 0 Å². The smallest absolute Gasteiger partial charge is 0.0248 e. The van der Waals surface area contributed by atoms with Crippen LogP contribution in [0.4, 0.5) is 0 Å². The molecule has 1 aromatic heterocycles. The van der Waals surface area contributed by atoms with Crippen molar-refractivity contribution in [3.63, 3.8) is 0 Å². The van der Waals surface area contributed by atoms with Crippen molar-refractivity contribution in [2.45, 2.75) is 46.2 Å². The zero-order valence-electron chi connectivity index (χ0n) is 11.9. The lowest BCUT2D eigenvalue weighted by atomic mass is 9.99. The number of hydrogen-bond acceptors (Lipinski definition) is 3. The summed E-state index contributed by atoms with van der Waals surface area (Å²) in [5.41, 5.74) is 1.56. The molecule has 0 aromatic carbocycles. The summed E-state index contributed by atoms with van der Waals surface area (Å²) in [4.78, 5) is 4.28. The van der Waals surface area contributed by atoms with E-state index in [1.54, 1.807) is 10.4 Å². The Labute approximate surface area is 115 Å². The molecule has 0 saturated heterocycles. The van der Waals surface area contributed by atoms with Crippen LogP contribution in [-0.2, 0) is 13.0 Å². The fourth-order valence-corrected chi connectivity index (χ4v) is 3.66. The Morgan fingerprint density at radius 2 is 2.28 bits per heavy atom. The lowest BCUT2D eigenvalue weighted by Gasteiger charge is -2.37. The summed E-state index contributed by atoms with van der Waals surface area (Å²) in [5.74, 6) is 0.717. The third kappa shape index (κ3) is 3.34. The number of nitrogens with one attached hydrogen (secondary N) is 1. The molecule has 0 amide bonds. The molecule has 2 nitrogen and oxygen atoms in total. The Morgan fingerprint density at radius 3 is 3.00 bits per heavy atom. The molecule has 102 valence electrons. The molecule has 0 spiro atoms. The standard InChI is InChI=1S/C15H26N2S/c1-4-7-16-10-14(12(2)3)17-8-5-15-13(11-17)6-9-18-15/h6,9,12,14,16H,4-5,7-8,10-11H2,1-3H3. The normalized spacial score (nSPS) is 18.0. The highest BCUT2D eigenvalue weighted by atomic mass is 32.1. The van der Waals surface area contributed by atoms with Crippen LogP contribution in [0.1, 0.15) is 37.6 Å². The number of thiophene rings is 1. The van der Waals surface area contributed by atoms with Crippen LogP contribution in [0.5, 0.6) is 0 Å². The number of hydrogen-bond donors (Lipinski definition) is 1. The SMILES string of the molecule is CCCNCC(C(C)C)N1CCc2sccc2C1. The second kappa shape index (κ2) is 6.69. The van der Waals surface area contributed by atoms with Crippen LogP contribution >= 0.6 is 11.3 Å². The first-order valence-electron chi connectivity index (χ1n) is 7.22. The number of rotatable bonds is 6. The third-order valence-electron chi connectivity index (χ3n) is 3.86. The quantitative estimate of drug-likeness (QED) is 0.796. The summed E-state index contributed by atoms with van der Waals surface area (Å²) in [7, 11) is 0. The molecular formula is C15H26N2S. The largest absolute Gasteiger partial charge is 0.315 e. The van der Waals surface area contributed by atoms with E-state index in [2.05, 4.69) is 42.4 Å². The fraction of sp³-hybridized carbons (Fsp3) is 0.733. The molecule has 1 unspecified atom stereocenters. The molecule has 18 heavy (non-hydrogen) atoms. The Morgan fingerprint density at radius 1 is 1.44 bits per heavy atom. The van der Waals surface area contributed by atoms with Gasteiger partial charge in [0.05, 0.1) is 0 Å². The first-order chi connectivity index (χ1) is 8.72. The Bertz CT molecular complexity index is 359. The Kier molecular flexibility index (Phi) is 5.22. The molecule has 2 rings (SSSR count). The minimum atomic E-state index is 0.671. The second-order valence-electron chi connectivity index (χ2n) is 5.60. The van der Waals surface area contributed by atoms with Crippen molar-refractivity contribution in [3.05, 3.63) is 21.9 Å².